The number of hydrogen-bond acceptors (Lipinski definition) is 3. The fourth-order valence-electron chi connectivity index (χ4n) is 2.75. The van der Waals surface area contributed by atoms with Gasteiger partial charge in [0.15, 0.2) is 0 Å². The maximum Gasteiger partial charge on any atom is 0.225 e. The molecule has 0 fully saturated rings. The Morgan fingerprint density at radius 3 is 2.14 bits per heavy atom. The molecule has 2 aromatic rings. The van der Waals surface area contributed by atoms with Crippen LogP contribution in [-0.4, -0.2) is 25.5 Å². The van der Waals surface area contributed by atoms with Gasteiger partial charge in [-0.2, -0.15) is 0 Å². The van der Waals surface area contributed by atoms with Crippen molar-refractivity contribution >= 4 is 11.8 Å². The molecule has 0 aromatic heterocycles. The highest BCUT2D eigenvalue weighted by Gasteiger charge is 2.21. The van der Waals surface area contributed by atoms with Crippen LogP contribution in [0.2, 0.25) is 0 Å². The Balaban J connectivity index is 1.98. The van der Waals surface area contributed by atoms with Gasteiger partial charge in [-0.05, 0) is 29.7 Å². The second-order valence-corrected chi connectivity index (χ2v) is 7.79. The molecule has 0 saturated carbocycles. The lowest BCUT2D eigenvalue weighted by atomic mass is 9.96. The number of amides is 2. The quantitative estimate of drug-likeness (QED) is 0.682. The number of carbonyl (C=O) groups is 2. The summed E-state index contributed by atoms with van der Waals surface area (Å²) in [5, 5.41) is 5.99. The monoisotopic (exact) mass is 382 g/mol. The maximum absolute atomic E-state index is 12.5. The molecule has 0 saturated heterocycles. The number of hydrogen-bond donors (Lipinski definition) is 2. The molecule has 0 aliphatic heterocycles. The summed E-state index contributed by atoms with van der Waals surface area (Å²) in [5.41, 5.74) is 1.58. The number of nitrogens with one attached hydrogen (secondary N) is 2. The van der Waals surface area contributed by atoms with Crippen LogP contribution in [0.1, 0.15) is 50.8 Å². The molecule has 1 unspecified atom stereocenters. The Hall–Kier alpha value is -2.82. The van der Waals surface area contributed by atoms with Crippen LogP contribution >= 0.6 is 0 Å². The van der Waals surface area contributed by atoms with E-state index in [-0.39, 0.29) is 17.9 Å². The van der Waals surface area contributed by atoms with Crippen molar-refractivity contribution in [1.29, 1.82) is 0 Å². The van der Waals surface area contributed by atoms with Crippen LogP contribution in [0.5, 0.6) is 5.75 Å². The molecular formula is C23H30N2O3. The first-order chi connectivity index (χ1) is 13.3. The average molecular weight is 383 g/mol. The van der Waals surface area contributed by atoms with Gasteiger partial charge in [0.2, 0.25) is 11.8 Å². The molecule has 5 nitrogen and oxygen atoms in total. The van der Waals surface area contributed by atoms with E-state index in [0.29, 0.717) is 19.4 Å². The average Bonchev–Trinajstić information content (AvgIpc) is 2.69. The minimum Gasteiger partial charge on any atom is -0.497 e. The number of carbonyl (C=O) groups excluding carboxylic acids is 2. The van der Waals surface area contributed by atoms with Gasteiger partial charge in [-0.25, -0.2) is 0 Å². The van der Waals surface area contributed by atoms with E-state index in [0.717, 1.165) is 16.9 Å². The molecule has 0 aliphatic rings. The summed E-state index contributed by atoms with van der Waals surface area (Å²) in [5.74, 6) is 0.722. The van der Waals surface area contributed by atoms with Gasteiger partial charge in [0.1, 0.15) is 5.75 Å². The largest absolute Gasteiger partial charge is 0.497 e. The van der Waals surface area contributed by atoms with Crippen LogP contribution in [0.15, 0.2) is 54.6 Å². The van der Waals surface area contributed by atoms with Crippen molar-refractivity contribution in [2.24, 2.45) is 5.41 Å². The zero-order valence-electron chi connectivity index (χ0n) is 17.1. The summed E-state index contributed by atoms with van der Waals surface area (Å²) < 4.78 is 5.22. The Kier molecular flexibility index (Phi) is 7.61. The second-order valence-electron chi connectivity index (χ2n) is 7.79. The van der Waals surface area contributed by atoms with Crippen molar-refractivity contribution in [3.8, 4) is 5.75 Å². The first-order valence-corrected chi connectivity index (χ1v) is 9.58. The van der Waals surface area contributed by atoms with Crippen molar-refractivity contribution in [2.75, 3.05) is 13.7 Å². The van der Waals surface area contributed by atoms with Gasteiger partial charge in [-0.15, -0.1) is 0 Å². The third-order valence-corrected chi connectivity index (χ3v) is 4.43. The number of ether oxygens (including phenoxy) is 1. The maximum atomic E-state index is 12.5. The van der Waals surface area contributed by atoms with Crippen LogP contribution in [0.3, 0.4) is 0 Å². The molecule has 2 aromatic carbocycles. The third-order valence-electron chi connectivity index (χ3n) is 4.43. The molecule has 0 spiro atoms. The topological polar surface area (TPSA) is 67.4 Å². The summed E-state index contributed by atoms with van der Waals surface area (Å²) >= 11 is 0. The lowest BCUT2D eigenvalue weighted by molar-refractivity contribution is -0.128. The number of benzene rings is 2. The standard InChI is InChI=1S/C23H30N2O3/c1-23(2,3)22(27)24-16-8-11-20(26)25-21(17-9-6-5-7-10-17)18-12-14-19(28-4)15-13-18/h5-7,9-10,12-15,21H,8,11,16H2,1-4H3,(H,24,27)(H,25,26). The SMILES string of the molecule is COc1ccc(C(NC(=O)CCCNC(=O)C(C)(C)C)c2ccccc2)cc1. The molecule has 1 atom stereocenters. The molecule has 0 bridgehead atoms. The highest BCUT2D eigenvalue weighted by Crippen LogP contribution is 2.24. The van der Waals surface area contributed by atoms with E-state index >= 15 is 0 Å². The van der Waals surface area contributed by atoms with Gasteiger partial charge in [0.25, 0.3) is 0 Å². The van der Waals surface area contributed by atoms with Crippen molar-refractivity contribution < 1.29 is 14.3 Å². The van der Waals surface area contributed by atoms with Crippen LogP contribution in [-0.2, 0) is 9.59 Å². The summed E-state index contributed by atoms with van der Waals surface area (Å²) in [6.45, 7) is 6.10. The smallest absolute Gasteiger partial charge is 0.225 e. The minimum atomic E-state index is -0.422. The molecule has 2 rings (SSSR count). The van der Waals surface area contributed by atoms with Gasteiger partial charge in [-0.3, -0.25) is 9.59 Å². The van der Waals surface area contributed by atoms with E-state index in [1.165, 1.54) is 0 Å². The van der Waals surface area contributed by atoms with E-state index in [2.05, 4.69) is 10.6 Å². The van der Waals surface area contributed by atoms with Crippen molar-refractivity contribution in [3.63, 3.8) is 0 Å². The second kappa shape index (κ2) is 9.93. The van der Waals surface area contributed by atoms with Gasteiger partial charge in [0.05, 0.1) is 13.2 Å². The third kappa shape index (κ3) is 6.41. The fraction of sp³-hybridized carbons (Fsp3) is 0.391. The molecular weight excluding hydrogens is 352 g/mol. The molecule has 2 amide bonds. The summed E-state index contributed by atoms with van der Waals surface area (Å²) in [6.07, 6.45) is 0.946. The Labute approximate surface area is 167 Å². The predicted octanol–water partition coefficient (Wildman–Crippen LogP) is 3.84. The fourth-order valence-corrected chi connectivity index (χ4v) is 2.75. The van der Waals surface area contributed by atoms with E-state index in [9.17, 15) is 9.59 Å². The van der Waals surface area contributed by atoms with Crippen LogP contribution in [0.25, 0.3) is 0 Å². The Morgan fingerprint density at radius 1 is 0.964 bits per heavy atom. The normalized spacial score (nSPS) is 12.1. The Morgan fingerprint density at radius 2 is 1.57 bits per heavy atom. The first-order valence-electron chi connectivity index (χ1n) is 9.58. The van der Waals surface area contributed by atoms with E-state index in [1.54, 1.807) is 7.11 Å². The minimum absolute atomic E-state index is 0.00620. The van der Waals surface area contributed by atoms with Crippen molar-refractivity contribution in [2.45, 2.75) is 39.7 Å². The van der Waals surface area contributed by atoms with E-state index in [4.69, 9.17) is 4.74 Å². The lowest BCUT2D eigenvalue weighted by Gasteiger charge is -2.21. The number of methoxy groups -OCH3 is 1. The summed E-state index contributed by atoms with van der Waals surface area (Å²) in [6, 6.07) is 17.3. The Bertz CT molecular complexity index is 765. The van der Waals surface area contributed by atoms with Crippen molar-refractivity contribution in [3.05, 3.63) is 65.7 Å². The van der Waals surface area contributed by atoms with Gasteiger partial charge in [0, 0.05) is 18.4 Å². The number of rotatable bonds is 8. The summed E-state index contributed by atoms with van der Waals surface area (Å²) in [4.78, 5) is 24.4. The van der Waals surface area contributed by atoms with Gasteiger partial charge < -0.3 is 15.4 Å². The molecule has 0 heterocycles. The zero-order valence-corrected chi connectivity index (χ0v) is 17.1. The van der Waals surface area contributed by atoms with Crippen LogP contribution in [0.4, 0.5) is 0 Å². The van der Waals surface area contributed by atoms with Crippen molar-refractivity contribution in [1.82, 2.24) is 10.6 Å². The molecule has 0 aliphatic carbocycles. The van der Waals surface area contributed by atoms with E-state index in [1.807, 2.05) is 75.4 Å². The molecule has 2 N–H and O–H groups in total. The highest BCUT2D eigenvalue weighted by atomic mass is 16.5. The lowest BCUT2D eigenvalue weighted by Crippen LogP contribution is -2.36. The molecule has 0 radical (unpaired) electrons. The summed E-state index contributed by atoms with van der Waals surface area (Å²) in [7, 11) is 1.63. The van der Waals surface area contributed by atoms with Gasteiger partial charge >= 0.3 is 0 Å². The molecule has 5 heteroatoms. The highest BCUT2D eigenvalue weighted by molar-refractivity contribution is 5.81. The van der Waals surface area contributed by atoms with Crippen LogP contribution < -0.4 is 15.4 Å². The van der Waals surface area contributed by atoms with E-state index < -0.39 is 5.41 Å². The van der Waals surface area contributed by atoms with Gasteiger partial charge in [-0.1, -0.05) is 63.2 Å². The predicted molar refractivity (Wildman–Crippen MR) is 111 cm³/mol. The molecule has 28 heavy (non-hydrogen) atoms. The van der Waals surface area contributed by atoms with Crippen LogP contribution in [0, 0.1) is 5.41 Å². The zero-order chi connectivity index (χ0) is 20.6. The first kappa shape index (κ1) is 21.5. The molecule has 150 valence electrons.